The maximum Gasteiger partial charge on any atom is 0.0679 e. The lowest BCUT2D eigenvalue weighted by atomic mass is 10.2. The Hall–Kier alpha value is 0.400. The zero-order valence-corrected chi connectivity index (χ0v) is 8.55. The Bertz CT molecular complexity index is 121. The number of nitrogens with zero attached hydrogens (tertiary/aromatic N) is 1. The molecule has 1 heterocycles. The van der Waals surface area contributed by atoms with E-state index in [1.165, 1.54) is 0 Å². The Balaban J connectivity index is 2.17. The van der Waals surface area contributed by atoms with Crippen molar-refractivity contribution in [3.8, 4) is 0 Å². The van der Waals surface area contributed by atoms with E-state index in [4.69, 9.17) is 0 Å². The normalized spacial score (nSPS) is 29.2. The fraction of sp³-hybridized carbons (Fsp3) is 1.00. The number of likely N-dealkylation sites (tertiary alicyclic amines) is 1. The number of β-amino-alcohol motifs (C(OH)–C–C–N with tert-alkyl or cyclic N) is 1. The van der Waals surface area contributed by atoms with Gasteiger partial charge in [-0.05, 0) is 12.3 Å². The molecule has 11 heavy (non-hydrogen) atoms. The molecule has 0 aromatic carbocycles. The predicted molar refractivity (Wildman–Crippen MR) is 50.0 cm³/mol. The minimum atomic E-state index is -0.0717. The number of rotatable bonds is 3. The monoisotopic (exact) mass is 221 g/mol. The molecule has 1 saturated heterocycles. The molecule has 66 valence electrons. The van der Waals surface area contributed by atoms with E-state index in [1.807, 2.05) is 0 Å². The first-order valence-electron chi connectivity index (χ1n) is 4.18. The molecule has 1 N–H and O–H groups in total. The number of hydrogen-bond donors (Lipinski definition) is 1. The lowest BCUT2D eigenvalue weighted by molar-refractivity contribution is 0.172. The molecule has 0 aromatic heterocycles. The van der Waals surface area contributed by atoms with Gasteiger partial charge in [-0.1, -0.05) is 22.9 Å². The number of halogens is 1. The van der Waals surface area contributed by atoms with Crippen molar-refractivity contribution in [3.05, 3.63) is 0 Å². The number of aliphatic hydroxyl groups is 1. The van der Waals surface area contributed by atoms with Gasteiger partial charge < -0.3 is 10.0 Å². The molecule has 0 spiro atoms. The summed E-state index contributed by atoms with van der Waals surface area (Å²) in [6.07, 6.45) is 0.882. The van der Waals surface area contributed by atoms with Gasteiger partial charge in [0.05, 0.1) is 6.10 Å². The zero-order chi connectivity index (χ0) is 8.27. The summed E-state index contributed by atoms with van der Waals surface area (Å²) in [6.45, 7) is 5.28. The maximum atomic E-state index is 9.23. The van der Waals surface area contributed by atoms with Gasteiger partial charge in [0.15, 0.2) is 0 Å². The standard InChI is InChI=1S/C8H16BrNO/c1-7(4-9)5-10-3-2-8(11)6-10/h7-8,11H,2-6H2,1H3. The summed E-state index contributed by atoms with van der Waals surface area (Å²) in [5.41, 5.74) is 0. The van der Waals surface area contributed by atoms with E-state index in [2.05, 4.69) is 27.8 Å². The minimum Gasteiger partial charge on any atom is -0.392 e. The highest BCUT2D eigenvalue weighted by Gasteiger charge is 2.20. The third-order valence-corrected chi connectivity index (χ3v) is 3.19. The van der Waals surface area contributed by atoms with Crippen LogP contribution in [0.2, 0.25) is 0 Å². The van der Waals surface area contributed by atoms with Crippen molar-refractivity contribution < 1.29 is 5.11 Å². The minimum absolute atomic E-state index is 0.0717. The smallest absolute Gasteiger partial charge is 0.0679 e. The van der Waals surface area contributed by atoms with E-state index in [0.29, 0.717) is 5.92 Å². The maximum absolute atomic E-state index is 9.23. The third kappa shape index (κ3) is 3.09. The molecule has 1 aliphatic heterocycles. The summed E-state index contributed by atoms with van der Waals surface area (Å²) in [7, 11) is 0. The van der Waals surface area contributed by atoms with Gasteiger partial charge in [-0.3, -0.25) is 0 Å². The molecule has 3 heteroatoms. The molecule has 0 aromatic rings. The van der Waals surface area contributed by atoms with Gasteiger partial charge in [-0.25, -0.2) is 0 Å². The van der Waals surface area contributed by atoms with Crippen LogP contribution in [0.4, 0.5) is 0 Å². The SMILES string of the molecule is CC(CBr)CN1CCC(O)C1. The lowest BCUT2D eigenvalue weighted by Gasteiger charge is -2.18. The average molecular weight is 222 g/mol. The Kier molecular flexibility index (Phi) is 3.82. The van der Waals surface area contributed by atoms with Crippen molar-refractivity contribution >= 4 is 15.9 Å². The van der Waals surface area contributed by atoms with Gasteiger partial charge in [0.25, 0.3) is 0 Å². The summed E-state index contributed by atoms with van der Waals surface area (Å²) < 4.78 is 0. The first-order chi connectivity index (χ1) is 5.22. The van der Waals surface area contributed by atoms with Crippen LogP contribution in [-0.4, -0.2) is 41.1 Å². The molecule has 1 rings (SSSR count). The molecular formula is C8H16BrNO. The highest BCUT2D eigenvalue weighted by Crippen LogP contribution is 2.11. The van der Waals surface area contributed by atoms with E-state index >= 15 is 0 Å². The average Bonchev–Trinajstić information content (AvgIpc) is 2.35. The van der Waals surface area contributed by atoms with E-state index < -0.39 is 0 Å². The van der Waals surface area contributed by atoms with Gasteiger partial charge in [0, 0.05) is 25.0 Å². The molecule has 0 amide bonds. The molecule has 1 aliphatic rings. The lowest BCUT2D eigenvalue weighted by Crippen LogP contribution is -2.27. The number of aliphatic hydroxyl groups excluding tert-OH is 1. The van der Waals surface area contributed by atoms with Gasteiger partial charge in [0.1, 0.15) is 0 Å². The molecular weight excluding hydrogens is 206 g/mol. The predicted octanol–water partition coefficient (Wildman–Crippen LogP) is 1.08. The second kappa shape index (κ2) is 4.43. The molecule has 0 radical (unpaired) electrons. The number of hydrogen-bond acceptors (Lipinski definition) is 2. The Morgan fingerprint density at radius 1 is 1.73 bits per heavy atom. The van der Waals surface area contributed by atoms with Crippen LogP contribution in [0.5, 0.6) is 0 Å². The first-order valence-corrected chi connectivity index (χ1v) is 5.31. The van der Waals surface area contributed by atoms with Crippen molar-refractivity contribution in [1.82, 2.24) is 4.90 Å². The summed E-state index contributed by atoms with van der Waals surface area (Å²) >= 11 is 3.45. The molecule has 2 unspecified atom stereocenters. The van der Waals surface area contributed by atoms with Crippen LogP contribution in [0.15, 0.2) is 0 Å². The van der Waals surface area contributed by atoms with E-state index in [-0.39, 0.29) is 6.10 Å². The van der Waals surface area contributed by atoms with Gasteiger partial charge >= 0.3 is 0 Å². The highest BCUT2D eigenvalue weighted by atomic mass is 79.9. The Morgan fingerprint density at radius 2 is 2.45 bits per heavy atom. The van der Waals surface area contributed by atoms with Crippen molar-refractivity contribution in [3.63, 3.8) is 0 Å². The fourth-order valence-corrected chi connectivity index (χ4v) is 1.67. The van der Waals surface area contributed by atoms with Crippen LogP contribution in [0.1, 0.15) is 13.3 Å². The summed E-state index contributed by atoms with van der Waals surface area (Å²) in [4.78, 5) is 2.33. The quantitative estimate of drug-likeness (QED) is 0.722. The molecule has 0 bridgehead atoms. The van der Waals surface area contributed by atoms with Crippen LogP contribution >= 0.6 is 15.9 Å². The zero-order valence-electron chi connectivity index (χ0n) is 6.96. The summed E-state index contributed by atoms with van der Waals surface area (Å²) in [5.74, 6) is 0.695. The van der Waals surface area contributed by atoms with Crippen LogP contribution in [0.3, 0.4) is 0 Å². The van der Waals surface area contributed by atoms with Crippen LogP contribution in [-0.2, 0) is 0 Å². The second-order valence-electron chi connectivity index (χ2n) is 3.46. The van der Waals surface area contributed by atoms with Crippen LogP contribution in [0, 0.1) is 5.92 Å². The molecule has 0 saturated carbocycles. The van der Waals surface area contributed by atoms with Gasteiger partial charge in [-0.15, -0.1) is 0 Å². The van der Waals surface area contributed by atoms with E-state index in [9.17, 15) is 5.11 Å². The third-order valence-electron chi connectivity index (χ3n) is 2.08. The van der Waals surface area contributed by atoms with Crippen molar-refractivity contribution in [2.24, 2.45) is 5.92 Å². The van der Waals surface area contributed by atoms with E-state index in [1.54, 1.807) is 0 Å². The Morgan fingerprint density at radius 3 is 2.91 bits per heavy atom. The Labute approximate surface area is 76.7 Å². The van der Waals surface area contributed by atoms with Crippen molar-refractivity contribution in [2.75, 3.05) is 25.0 Å². The first kappa shape index (κ1) is 9.49. The van der Waals surface area contributed by atoms with Crippen molar-refractivity contribution in [2.45, 2.75) is 19.4 Å². The highest BCUT2D eigenvalue weighted by molar-refractivity contribution is 9.09. The second-order valence-corrected chi connectivity index (χ2v) is 4.11. The van der Waals surface area contributed by atoms with E-state index in [0.717, 1.165) is 31.4 Å². The molecule has 2 atom stereocenters. The van der Waals surface area contributed by atoms with Gasteiger partial charge in [0.2, 0.25) is 0 Å². The summed E-state index contributed by atoms with van der Waals surface area (Å²) in [6, 6.07) is 0. The topological polar surface area (TPSA) is 23.5 Å². The van der Waals surface area contributed by atoms with Crippen LogP contribution < -0.4 is 0 Å². The largest absolute Gasteiger partial charge is 0.392 e. The van der Waals surface area contributed by atoms with Crippen LogP contribution in [0.25, 0.3) is 0 Å². The summed E-state index contributed by atoms with van der Waals surface area (Å²) in [5, 5.41) is 10.3. The van der Waals surface area contributed by atoms with Crippen molar-refractivity contribution in [1.29, 1.82) is 0 Å². The number of alkyl halides is 1. The molecule has 0 aliphatic carbocycles. The fourth-order valence-electron chi connectivity index (χ4n) is 1.47. The molecule has 2 nitrogen and oxygen atoms in total. The van der Waals surface area contributed by atoms with Gasteiger partial charge in [-0.2, -0.15) is 0 Å². The molecule has 1 fully saturated rings.